The molecule has 6 atom stereocenters. The number of epoxide rings is 2. The molecule has 2 saturated heterocycles. The van der Waals surface area contributed by atoms with Gasteiger partial charge in [0.25, 0.3) is 0 Å². The predicted molar refractivity (Wildman–Crippen MR) is 286 cm³/mol. The first-order valence-electron chi connectivity index (χ1n) is 24.7. The maximum atomic E-state index is 9.87. The van der Waals surface area contributed by atoms with Crippen LogP contribution < -0.4 is 4.74 Å². The molecule has 6 aromatic carbocycles. The van der Waals surface area contributed by atoms with E-state index in [1.165, 1.54) is 95.7 Å². The molecule has 6 aromatic rings. The second-order valence-electron chi connectivity index (χ2n) is 20.5. The Bertz CT molecular complexity index is 2600. The Labute approximate surface area is 444 Å². The topological polar surface area (TPSA) is 34.3 Å². The van der Waals surface area contributed by atoms with Crippen molar-refractivity contribution >= 4 is 37.4 Å². The zero-order chi connectivity index (χ0) is 56.2. The van der Waals surface area contributed by atoms with Crippen molar-refractivity contribution in [1.82, 2.24) is 0 Å². The average molecular weight is 1150 g/mol. The zero-order valence-electron chi connectivity index (χ0n) is 43.5. The van der Waals surface area contributed by atoms with Gasteiger partial charge in [-0.15, -0.1) is 0 Å². The van der Waals surface area contributed by atoms with E-state index in [0.717, 1.165) is 17.6 Å². The van der Waals surface area contributed by atoms with Crippen LogP contribution >= 0.6 is 15.6 Å². The Balaban J connectivity index is 0.000000165. The number of hydrogen-bond donors (Lipinski definition) is 0. The minimum absolute atomic E-state index is 0.0394. The van der Waals surface area contributed by atoms with Gasteiger partial charge in [-0.2, -0.15) is 0 Å². The molecule has 10 rings (SSSR count). The average Bonchev–Trinajstić information content (AvgIpc) is 4.26. The Kier molecular flexibility index (Phi) is 17.8. The van der Waals surface area contributed by atoms with E-state index >= 15 is 0 Å². The summed E-state index contributed by atoms with van der Waals surface area (Å²) in [5.74, 6) is 2.66. The third-order valence-electron chi connectivity index (χ3n) is 13.7. The van der Waals surface area contributed by atoms with Gasteiger partial charge in [-0.25, -0.2) is 0 Å². The first-order chi connectivity index (χ1) is 34.8. The van der Waals surface area contributed by atoms with Gasteiger partial charge in [0.1, 0.15) is 5.75 Å². The van der Waals surface area contributed by atoms with Crippen molar-refractivity contribution in [3.63, 3.8) is 0 Å². The number of benzene rings is 6. The van der Waals surface area contributed by atoms with Crippen LogP contribution in [-0.4, -0.2) is 31.5 Å². The first kappa shape index (κ1) is 61.0. The summed E-state index contributed by atoms with van der Waals surface area (Å²) in [7, 11) is -19.7. The summed E-state index contributed by atoms with van der Waals surface area (Å²) < 4.78 is 135. The monoisotopic (exact) mass is 1150 g/mol. The molecule has 0 amide bonds. The molecular formula is C57H66F12O3P2S2. The molecular weight excluding hydrogens is 1090 g/mol. The van der Waals surface area contributed by atoms with Gasteiger partial charge in [-0.3, -0.25) is 0 Å². The molecule has 4 fully saturated rings. The standard InChI is InChI=1S/C21H21OS.C21H21S.C15H24O2.2F6P/c1-16-4-10-19(11-5-16)23(20-12-6-17(2)7-13-20)21-14-8-18(22-3)9-15-21;1-16-4-10-19(11-5-16)22(20-12-6-17(2)7-13-20)21-14-8-18(3)9-15-21;1-15(2,9-3-5-11-13(7-9)16-11)10-4-6-12-14(8-10)17-12;2*1-7(2,3,4,5)6/h4-15H,1-3H3;4-15H,1-3H3;9-14H,3-8H2,1-2H3;;/q2*+1;;2*-1. The number of rotatable bonds is 9. The van der Waals surface area contributed by atoms with Gasteiger partial charge < -0.3 is 14.2 Å². The van der Waals surface area contributed by atoms with E-state index < -0.39 is 15.6 Å². The van der Waals surface area contributed by atoms with Crippen molar-refractivity contribution in [1.29, 1.82) is 0 Å². The fourth-order valence-corrected chi connectivity index (χ4v) is 13.5. The van der Waals surface area contributed by atoms with E-state index in [1.807, 2.05) is 12.1 Å². The van der Waals surface area contributed by atoms with E-state index in [4.69, 9.17) is 14.2 Å². The number of aryl methyl sites for hydroxylation is 5. The number of hydrogen-bond acceptors (Lipinski definition) is 3. The maximum absolute atomic E-state index is 10.7. The van der Waals surface area contributed by atoms with E-state index in [2.05, 4.69) is 182 Å². The van der Waals surface area contributed by atoms with Crippen LogP contribution in [0.2, 0.25) is 0 Å². The Morgan fingerprint density at radius 1 is 0.368 bits per heavy atom. The van der Waals surface area contributed by atoms with Crippen LogP contribution in [-0.2, 0) is 31.3 Å². The summed E-state index contributed by atoms with van der Waals surface area (Å²) in [6.45, 7) is 15.7. The van der Waals surface area contributed by atoms with E-state index in [-0.39, 0.29) is 21.8 Å². The third kappa shape index (κ3) is 21.5. The van der Waals surface area contributed by atoms with Crippen molar-refractivity contribution in [3.8, 4) is 5.75 Å². The molecule has 0 bridgehead atoms. The number of halogens is 12. The molecule has 2 aliphatic heterocycles. The second kappa shape index (κ2) is 22.1. The molecule has 2 heterocycles. The van der Waals surface area contributed by atoms with Gasteiger partial charge in [-0.05, 0) is 175 Å². The quantitative estimate of drug-likeness (QED) is 0.0626. The summed E-state index contributed by atoms with van der Waals surface area (Å²) in [5.41, 5.74) is 6.99. The molecule has 0 radical (unpaired) electrons. The van der Waals surface area contributed by atoms with Gasteiger partial charge in [0.2, 0.25) is 0 Å². The van der Waals surface area contributed by atoms with E-state index in [1.54, 1.807) is 7.11 Å². The van der Waals surface area contributed by atoms with Crippen LogP contribution in [0.5, 0.6) is 5.75 Å². The summed E-state index contributed by atoms with van der Waals surface area (Å²) in [5, 5.41) is 0. The van der Waals surface area contributed by atoms with Crippen LogP contribution in [0.4, 0.5) is 50.4 Å². The minimum atomic E-state index is -10.7. The molecule has 76 heavy (non-hydrogen) atoms. The Morgan fingerprint density at radius 3 is 0.776 bits per heavy atom. The van der Waals surface area contributed by atoms with Crippen molar-refractivity contribution in [3.05, 3.63) is 173 Å². The van der Waals surface area contributed by atoms with Gasteiger partial charge in [-0.1, -0.05) is 102 Å². The Hall–Kier alpha value is -4.24. The van der Waals surface area contributed by atoms with Crippen LogP contribution in [0.3, 0.4) is 0 Å². The molecule has 3 nitrogen and oxygen atoms in total. The van der Waals surface area contributed by atoms with E-state index in [9.17, 15) is 50.4 Å². The Morgan fingerprint density at radius 2 is 0.579 bits per heavy atom. The molecule has 2 saturated carbocycles. The summed E-state index contributed by atoms with van der Waals surface area (Å²) in [4.78, 5) is 8.10. The van der Waals surface area contributed by atoms with Crippen molar-refractivity contribution in [2.24, 2.45) is 17.3 Å². The van der Waals surface area contributed by atoms with E-state index in [0.29, 0.717) is 29.8 Å². The van der Waals surface area contributed by atoms with Gasteiger partial charge in [0.05, 0.1) is 53.3 Å². The van der Waals surface area contributed by atoms with Gasteiger partial charge >= 0.3 is 66.0 Å². The van der Waals surface area contributed by atoms with Crippen molar-refractivity contribution in [2.45, 2.75) is 141 Å². The predicted octanol–water partition coefficient (Wildman–Crippen LogP) is 21.0. The van der Waals surface area contributed by atoms with Gasteiger partial charge in [0, 0.05) is 0 Å². The zero-order valence-corrected chi connectivity index (χ0v) is 47.0. The van der Waals surface area contributed by atoms with Crippen LogP contribution in [0, 0.1) is 51.9 Å². The summed E-state index contributed by atoms with van der Waals surface area (Å²) in [6.07, 6.45) is 10.6. The molecule has 0 N–H and O–H groups in total. The fourth-order valence-electron chi connectivity index (χ4n) is 9.39. The molecule has 0 spiro atoms. The van der Waals surface area contributed by atoms with Gasteiger partial charge in [0.15, 0.2) is 29.4 Å². The SMILES string of the molecule is CC(C)(C1CCC2OC2C1)C1CCC2OC2C1.COc1ccc([S+](c2ccc(C)cc2)c2ccc(C)cc2)cc1.Cc1ccc([S+](c2ccc(C)cc2)c2ccc(C)cc2)cc1.F[P-](F)(F)(F)(F)F.F[P-](F)(F)(F)(F)F. The molecule has 2 aliphatic carbocycles. The molecule has 0 aromatic heterocycles. The molecule has 19 heteroatoms. The van der Waals surface area contributed by atoms with Crippen molar-refractivity contribution < 1.29 is 64.6 Å². The number of fused-ring (bicyclic) bond motifs is 2. The molecule has 6 unspecified atom stereocenters. The fraction of sp³-hybridized carbons (Fsp3) is 0.368. The summed E-state index contributed by atoms with van der Waals surface area (Å²) >= 11 is 0. The number of ether oxygens (including phenoxy) is 3. The first-order valence-corrected chi connectivity index (χ1v) is 31.3. The normalized spacial score (nSPS) is 22.4. The summed E-state index contributed by atoms with van der Waals surface area (Å²) in [6, 6.07) is 52.9. The second-order valence-corrected chi connectivity index (χ2v) is 28.4. The number of methoxy groups -OCH3 is 1. The van der Waals surface area contributed by atoms with Crippen LogP contribution in [0.25, 0.3) is 0 Å². The van der Waals surface area contributed by atoms with Crippen molar-refractivity contribution in [2.75, 3.05) is 7.11 Å². The van der Waals surface area contributed by atoms with Crippen LogP contribution in [0.15, 0.2) is 175 Å². The molecule has 418 valence electrons. The molecule has 4 aliphatic rings. The van der Waals surface area contributed by atoms with Crippen LogP contribution in [0.1, 0.15) is 80.2 Å². The third-order valence-corrected chi connectivity index (χ3v) is 18.2.